The molecule has 82 valence electrons. The third-order valence-corrected chi connectivity index (χ3v) is 4.44. The first-order chi connectivity index (χ1) is 6.46. The maximum atomic E-state index is 11.3. The Bertz CT molecular complexity index is 311. The monoisotopic (exact) mass is 221 g/mol. The highest BCUT2D eigenvalue weighted by Crippen LogP contribution is 2.24. The summed E-state index contributed by atoms with van der Waals surface area (Å²) in [6.45, 7) is 0.243. The van der Waals surface area contributed by atoms with Gasteiger partial charge in [-0.3, -0.25) is 4.79 Å². The molecule has 0 aromatic heterocycles. The van der Waals surface area contributed by atoms with Gasteiger partial charge in [-0.2, -0.15) is 0 Å². The zero-order chi connectivity index (χ0) is 10.8. The number of sulfone groups is 1. The van der Waals surface area contributed by atoms with E-state index in [4.69, 9.17) is 10.8 Å². The molecule has 0 aromatic rings. The van der Waals surface area contributed by atoms with Gasteiger partial charge in [0.1, 0.15) is 9.84 Å². The quantitative estimate of drug-likeness (QED) is 0.653. The van der Waals surface area contributed by atoms with Crippen LogP contribution in [0.1, 0.15) is 12.8 Å². The van der Waals surface area contributed by atoms with E-state index in [0.717, 1.165) is 0 Å². The minimum Gasteiger partial charge on any atom is -0.481 e. The van der Waals surface area contributed by atoms with Crippen molar-refractivity contribution < 1.29 is 18.3 Å². The van der Waals surface area contributed by atoms with E-state index in [0.29, 0.717) is 6.42 Å². The second kappa shape index (κ2) is 4.27. The largest absolute Gasteiger partial charge is 0.481 e. The zero-order valence-corrected chi connectivity index (χ0v) is 8.66. The molecular weight excluding hydrogens is 206 g/mol. The van der Waals surface area contributed by atoms with Crippen LogP contribution in [-0.4, -0.2) is 37.5 Å². The van der Waals surface area contributed by atoms with Gasteiger partial charge in [0.15, 0.2) is 0 Å². The first-order valence-electron chi connectivity index (χ1n) is 4.59. The van der Waals surface area contributed by atoms with Crippen molar-refractivity contribution in [2.75, 3.05) is 18.1 Å². The molecule has 0 saturated carbocycles. The van der Waals surface area contributed by atoms with Crippen LogP contribution in [0.2, 0.25) is 0 Å². The van der Waals surface area contributed by atoms with Crippen molar-refractivity contribution in [3.63, 3.8) is 0 Å². The predicted octanol–water partition coefficient (Wildman–Crippen LogP) is -0.529. The molecule has 6 heteroatoms. The average molecular weight is 221 g/mol. The van der Waals surface area contributed by atoms with E-state index < -0.39 is 21.7 Å². The lowest BCUT2D eigenvalue weighted by Crippen LogP contribution is -2.29. The lowest BCUT2D eigenvalue weighted by atomic mass is 9.88. The Balaban J connectivity index is 2.80. The van der Waals surface area contributed by atoms with Crippen molar-refractivity contribution in [3.05, 3.63) is 0 Å². The summed E-state index contributed by atoms with van der Waals surface area (Å²) in [4.78, 5) is 10.8. The minimum atomic E-state index is -3.05. The van der Waals surface area contributed by atoms with Crippen LogP contribution >= 0.6 is 0 Å². The van der Waals surface area contributed by atoms with Crippen molar-refractivity contribution >= 4 is 15.8 Å². The highest BCUT2D eigenvalue weighted by atomic mass is 32.2. The lowest BCUT2D eigenvalue weighted by Gasteiger charge is -2.18. The molecule has 1 saturated heterocycles. The minimum absolute atomic E-state index is 0.0273. The molecule has 1 aliphatic heterocycles. The van der Waals surface area contributed by atoms with E-state index in [2.05, 4.69) is 0 Å². The van der Waals surface area contributed by atoms with Gasteiger partial charge in [-0.25, -0.2) is 8.42 Å². The maximum absolute atomic E-state index is 11.3. The van der Waals surface area contributed by atoms with Gasteiger partial charge in [0.05, 0.1) is 17.4 Å². The highest BCUT2D eigenvalue weighted by molar-refractivity contribution is 7.91. The van der Waals surface area contributed by atoms with Crippen LogP contribution in [0, 0.1) is 11.8 Å². The SMILES string of the molecule is NC[C@@H]1CCS(=O)(=O)CC[C@H]1C(=O)O. The standard InChI is InChI=1S/C8H15NO4S/c9-5-6-1-3-14(12,13)4-2-7(6)8(10)11/h6-7H,1-5,9H2,(H,10,11)/t6-,7+/m0/s1. The molecule has 2 atom stereocenters. The van der Waals surface area contributed by atoms with Gasteiger partial charge in [0.2, 0.25) is 0 Å². The molecule has 0 unspecified atom stereocenters. The summed E-state index contributed by atoms with van der Waals surface area (Å²) in [5.41, 5.74) is 5.43. The number of aliphatic carboxylic acids is 1. The molecule has 0 amide bonds. The molecular formula is C8H15NO4S. The maximum Gasteiger partial charge on any atom is 0.306 e. The number of hydrogen-bond acceptors (Lipinski definition) is 4. The fourth-order valence-corrected chi connectivity index (χ4v) is 3.26. The first kappa shape index (κ1) is 11.5. The smallest absolute Gasteiger partial charge is 0.306 e. The molecule has 0 aliphatic carbocycles. The number of carboxylic acids is 1. The van der Waals surface area contributed by atoms with Gasteiger partial charge in [-0.05, 0) is 25.3 Å². The Labute approximate surface area is 83.2 Å². The summed E-state index contributed by atoms with van der Waals surface area (Å²) in [6.07, 6.45) is 0.565. The van der Waals surface area contributed by atoms with Crippen LogP contribution in [0.15, 0.2) is 0 Å². The van der Waals surface area contributed by atoms with Crippen molar-refractivity contribution in [1.82, 2.24) is 0 Å². The van der Waals surface area contributed by atoms with Crippen molar-refractivity contribution in [2.24, 2.45) is 17.6 Å². The second-order valence-corrected chi connectivity index (χ2v) is 5.97. The summed E-state index contributed by atoms with van der Waals surface area (Å²) < 4.78 is 22.5. The van der Waals surface area contributed by atoms with Crippen molar-refractivity contribution in [3.8, 4) is 0 Å². The van der Waals surface area contributed by atoms with E-state index in [1.807, 2.05) is 0 Å². The molecule has 0 bridgehead atoms. The molecule has 0 radical (unpaired) electrons. The van der Waals surface area contributed by atoms with E-state index >= 15 is 0 Å². The Morgan fingerprint density at radius 1 is 1.36 bits per heavy atom. The summed E-state index contributed by atoms with van der Waals surface area (Å²) >= 11 is 0. The van der Waals surface area contributed by atoms with Gasteiger partial charge < -0.3 is 10.8 Å². The number of rotatable bonds is 2. The molecule has 1 rings (SSSR count). The number of carboxylic acid groups (broad SMARTS) is 1. The number of hydrogen-bond donors (Lipinski definition) is 2. The van der Waals surface area contributed by atoms with Gasteiger partial charge in [0, 0.05) is 0 Å². The Morgan fingerprint density at radius 3 is 2.43 bits per heavy atom. The van der Waals surface area contributed by atoms with E-state index in [9.17, 15) is 13.2 Å². The first-order valence-corrected chi connectivity index (χ1v) is 6.41. The summed E-state index contributed by atoms with van der Waals surface area (Å²) in [5, 5.41) is 8.88. The zero-order valence-electron chi connectivity index (χ0n) is 7.85. The van der Waals surface area contributed by atoms with Crippen LogP contribution in [0.4, 0.5) is 0 Å². The normalized spacial score (nSPS) is 32.1. The lowest BCUT2D eigenvalue weighted by molar-refractivity contribution is -0.143. The Morgan fingerprint density at radius 2 is 1.93 bits per heavy atom. The summed E-state index contributed by atoms with van der Waals surface area (Å²) in [7, 11) is -3.05. The molecule has 1 heterocycles. The second-order valence-electron chi connectivity index (χ2n) is 3.67. The third kappa shape index (κ3) is 2.68. The molecule has 14 heavy (non-hydrogen) atoms. The molecule has 1 fully saturated rings. The van der Waals surface area contributed by atoms with Gasteiger partial charge in [-0.15, -0.1) is 0 Å². The molecule has 5 nitrogen and oxygen atoms in total. The third-order valence-electron chi connectivity index (χ3n) is 2.73. The molecule has 3 N–H and O–H groups in total. The van der Waals surface area contributed by atoms with Gasteiger partial charge in [0.25, 0.3) is 0 Å². The molecule has 0 aromatic carbocycles. The van der Waals surface area contributed by atoms with E-state index in [1.54, 1.807) is 0 Å². The number of carbonyl (C=O) groups is 1. The van der Waals surface area contributed by atoms with Crippen LogP contribution in [0.5, 0.6) is 0 Å². The fourth-order valence-electron chi connectivity index (χ4n) is 1.78. The molecule has 0 spiro atoms. The van der Waals surface area contributed by atoms with E-state index in [-0.39, 0.29) is 30.4 Å². The summed E-state index contributed by atoms with van der Waals surface area (Å²) in [6, 6.07) is 0. The Hall–Kier alpha value is -0.620. The van der Waals surface area contributed by atoms with Crippen LogP contribution < -0.4 is 5.73 Å². The van der Waals surface area contributed by atoms with Crippen molar-refractivity contribution in [1.29, 1.82) is 0 Å². The fraction of sp³-hybridized carbons (Fsp3) is 0.875. The van der Waals surface area contributed by atoms with Crippen molar-refractivity contribution in [2.45, 2.75) is 12.8 Å². The average Bonchev–Trinajstić information content (AvgIpc) is 2.23. The number of nitrogens with two attached hydrogens (primary N) is 1. The van der Waals surface area contributed by atoms with Gasteiger partial charge >= 0.3 is 5.97 Å². The topological polar surface area (TPSA) is 97.5 Å². The highest BCUT2D eigenvalue weighted by Gasteiger charge is 2.32. The van der Waals surface area contributed by atoms with Crippen LogP contribution in [0.25, 0.3) is 0 Å². The summed E-state index contributed by atoms with van der Waals surface area (Å²) in [5.74, 6) is -1.70. The van der Waals surface area contributed by atoms with Crippen LogP contribution in [-0.2, 0) is 14.6 Å². The Kier molecular flexibility index (Phi) is 3.49. The van der Waals surface area contributed by atoms with E-state index in [1.165, 1.54) is 0 Å². The van der Waals surface area contributed by atoms with Crippen LogP contribution in [0.3, 0.4) is 0 Å². The predicted molar refractivity (Wildman–Crippen MR) is 51.6 cm³/mol. The van der Waals surface area contributed by atoms with Gasteiger partial charge in [-0.1, -0.05) is 0 Å². The molecule has 1 aliphatic rings.